The van der Waals surface area contributed by atoms with Gasteiger partial charge in [-0.25, -0.2) is 4.98 Å². The summed E-state index contributed by atoms with van der Waals surface area (Å²) in [6.07, 6.45) is 6.94. The largest absolute Gasteiger partial charge is 0.362 e. The molecule has 0 bridgehead atoms. The van der Waals surface area contributed by atoms with Crippen LogP contribution >= 0.6 is 11.8 Å². The predicted octanol–water partition coefficient (Wildman–Crippen LogP) is 5.18. The maximum atomic E-state index is 4.80. The Morgan fingerprint density at radius 3 is 2.42 bits per heavy atom. The van der Waals surface area contributed by atoms with Crippen molar-refractivity contribution in [2.45, 2.75) is 43.2 Å². The molecule has 4 rings (SSSR count). The van der Waals surface area contributed by atoms with Gasteiger partial charge in [-0.1, -0.05) is 24.3 Å². The number of nitrogens with one attached hydrogen (secondary N) is 2. The van der Waals surface area contributed by atoms with E-state index in [0.29, 0.717) is 6.04 Å². The van der Waals surface area contributed by atoms with Gasteiger partial charge in [0.25, 0.3) is 0 Å². The zero-order valence-corrected chi connectivity index (χ0v) is 19.6. The molecule has 0 saturated heterocycles. The van der Waals surface area contributed by atoms with Gasteiger partial charge in [0.05, 0.1) is 5.52 Å². The standard InChI is InChI=1S/C25H33N5S/c1-30(2)24-22-6-4-5-7-23(22)28-25(29-24)27-20-12-8-18(9-13-20)16-26-17-19-10-14-21(31-3)15-11-19/h4-7,10-11,14-15,18,20,26H,8-9,12-13,16-17H2,1-3H3,(H,27,28,29)/t18-,20+. The Kier molecular flexibility index (Phi) is 7.30. The number of hydrogen-bond donors (Lipinski definition) is 2. The molecule has 6 heteroatoms. The van der Waals surface area contributed by atoms with E-state index in [4.69, 9.17) is 9.97 Å². The Labute approximate surface area is 190 Å². The number of fused-ring (bicyclic) bond motifs is 1. The average Bonchev–Trinajstić information content (AvgIpc) is 2.80. The molecule has 164 valence electrons. The lowest BCUT2D eigenvalue weighted by atomic mass is 9.86. The lowest BCUT2D eigenvalue weighted by Gasteiger charge is -2.29. The molecule has 0 radical (unpaired) electrons. The highest BCUT2D eigenvalue weighted by Crippen LogP contribution is 2.28. The van der Waals surface area contributed by atoms with E-state index in [0.717, 1.165) is 41.7 Å². The molecule has 1 aromatic heterocycles. The molecule has 0 amide bonds. The molecule has 5 nitrogen and oxygen atoms in total. The van der Waals surface area contributed by atoms with Crippen LogP contribution in [-0.4, -0.2) is 42.9 Å². The maximum Gasteiger partial charge on any atom is 0.225 e. The van der Waals surface area contributed by atoms with E-state index in [1.54, 1.807) is 11.8 Å². The molecule has 1 saturated carbocycles. The summed E-state index contributed by atoms with van der Waals surface area (Å²) < 4.78 is 0. The van der Waals surface area contributed by atoms with Crippen LogP contribution in [0.3, 0.4) is 0 Å². The van der Waals surface area contributed by atoms with Crippen molar-refractivity contribution in [2.75, 3.05) is 37.1 Å². The first kappa shape index (κ1) is 21.9. The Hall–Kier alpha value is -2.31. The van der Waals surface area contributed by atoms with Gasteiger partial charge in [-0.2, -0.15) is 4.98 Å². The van der Waals surface area contributed by atoms with Gasteiger partial charge in [0.15, 0.2) is 0 Å². The van der Waals surface area contributed by atoms with Crippen molar-refractivity contribution >= 4 is 34.4 Å². The number of hydrogen-bond acceptors (Lipinski definition) is 6. The van der Waals surface area contributed by atoms with Gasteiger partial charge >= 0.3 is 0 Å². The Bertz CT molecular complexity index is 981. The molecule has 1 heterocycles. The number of thioether (sulfide) groups is 1. The summed E-state index contributed by atoms with van der Waals surface area (Å²) in [7, 11) is 4.07. The zero-order valence-electron chi connectivity index (χ0n) is 18.8. The molecule has 0 spiro atoms. The van der Waals surface area contributed by atoms with Crippen molar-refractivity contribution in [3.63, 3.8) is 0 Å². The first-order valence-electron chi connectivity index (χ1n) is 11.2. The third kappa shape index (κ3) is 5.69. The molecule has 0 unspecified atom stereocenters. The van der Waals surface area contributed by atoms with E-state index in [-0.39, 0.29) is 0 Å². The summed E-state index contributed by atoms with van der Waals surface area (Å²) in [6.45, 7) is 2.04. The lowest BCUT2D eigenvalue weighted by molar-refractivity contribution is 0.324. The van der Waals surface area contributed by atoms with Gasteiger partial charge in [0, 0.05) is 37.0 Å². The number of rotatable bonds is 8. The monoisotopic (exact) mass is 435 g/mol. The van der Waals surface area contributed by atoms with Crippen molar-refractivity contribution in [3.05, 3.63) is 54.1 Å². The van der Waals surface area contributed by atoms with Crippen LogP contribution in [0.2, 0.25) is 0 Å². The minimum Gasteiger partial charge on any atom is -0.362 e. The summed E-state index contributed by atoms with van der Waals surface area (Å²) in [5, 5.41) is 8.36. The Morgan fingerprint density at radius 2 is 1.71 bits per heavy atom. The summed E-state index contributed by atoms with van der Waals surface area (Å²) >= 11 is 1.79. The first-order valence-corrected chi connectivity index (χ1v) is 12.4. The average molecular weight is 436 g/mol. The molecular formula is C25H33N5S. The summed E-state index contributed by atoms with van der Waals surface area (Å²) in [4.78, 5) is 12.9. The number of aromatic nitrogens is 2. The third-order valence-electron chi connectivity index (χ3n) is 6.11. The molecule has 1 fully saturated rings. The number of nitrogens with zero attached hydrogens (tertiary/aromatic N) is 3. The number of benzene rings is 2. The van der Waals surface area contributed by atoms with Crippen molar-refractivity contribution in [1.29, 1.82) is 0 Å². The zero-order chi connectivity index (χ0) is 21.6. The van der Waals surface area contributed by atoms with Gasteiger partial charge in [-0.05, 0) is 74.2 Å². The second-order valence-electron chi connectivity index (χ2n) is 8.62. The smallest absolute Gasteiger partial charge is 0.225 e. The second kappa shape index (κ2) is 10.3. The normalized spacial score (nSPS) is 18.8. The van der Waals surface area contributed by atoms with E-state index < -0.39 is 0 Å². The van der Waals surface area contributed by atoms with E-state index in [9.17, 15) is 0 Å². The summed E-state index contributed by atoms with van der Waals surface area (Å²) in [5.74, 6) is 2.47. The van der Waals surface area contributed by atoms with Gasteiger partial charge in [0.1, 0.15) is 5.82 Å². The molecule has 2 aromatic carbocycles. The summed E-state index contributed by atoms with van der Waals surface area (Å²) in [6, 6.07) is 17.5. The highest BCUT2D eigenvalue weighted by Gasteiger charge is 2.22. The van der Waals surface area contributed by atoms with Crippen LogP contribution in [0.15, 0.2) is 53.4 Å². The molecule has 1 aliphatic rings. The predicted molar refractivity (Wildman–Crippen MR) is 133 cm³/mol. The first-order chi connectivity index (χ1) is 15.1. The minimum atomic E-state index is 0.450. The van der Waals surface area contributed by atoms with Gasteiger partial charge in [-0.3, -0.25) is 0 Å². The van der Waals surface area contributed by atoms with Crippen LogP contribution < -0.4 is 15.5 Å². The van der Waals surface area contributed by atoms with Crippen LogP contribution in [-0.2, 0) is 6.54 Å². The van der Waals surface area contributed by atoms with Crippen LogP contribution in [0.1, 0.15) is 31.2 Å². The molecule has 0 atom stereocenters. The highest BCUT2D eigenvalue weighted by molar-refractivity contribution is 7.98. The Morgan fingerprint density at radius 1 is 0.968 bits per heavy atom. The second-order valence-corrected chi connectivity index (χ2v) is 9.50. The highest BCUT2D eigenvalue weighted by atomic mass is 32.2. The van der Waals surface area contributed by atoms with Crippen molar-refractivity contribution < 1.29 is 0 Å². The van der Waals surface area contributed by atoms with Crippen LogP contribution in [0.25, 0.3) is 10.9 Å². The molecule has 2 N–H and O–H groups in total. The van der Waals surface area contributed by atoms with E-state index in [1.807, 2.05) is 26.2 Å². The summed E-state index contributed by atoms with van der Waals surface area (Å²) in [5.41, 5.74) is 2.35. The van der Waals surface area contributed by atoms with Crippen molar-refractivity contribution in [2.24, 2.45) is 5.92 Å². The minimum absolute atomic E-state index is 0.450. The molecule has 1 aliphatic carbocycles. The SMILES string of the molecule is CSc1ccc(CNC[C@H]2CC[C@@H](Nc3nc(N(C)C)c4ccccc4n3)CC2)cc1. The fourth-order valence-corrected chi connectivity index (χ4v) is 4.73. The van der Waals surface area contributed by atoms with Gasteiger partial charge in [-0.15, -0.1) is 11.8 Å². The quantitative estimate of drug-likeness (QED) is 0.476. The fraction of sp³-hybridized carbons (Fsp3) is 0.440. The molecular weight excluding hydrogens is 402 g/mol. The maximum absolute atomic E-state index is 4.80. The van der Waals surface area contributed by atoms with Crippen LogP contribution in [0.4, 0.5) is 11.8 Å². The van der Waals surface area contributed by atoms with Crippen LogP contribution in [0.5, 0.6) is 0 Å². The molecule has 3 aromatic rings. The van der Waals surface area contributed by atoms with Gasteiger partial charge in [0.2, 0.25) is 5.95 Å². The number of anilines is 2. The topological polar surface area (TPSA) is 53.1 Å². The van der Waals surface area contributed by atoms with E-state index >= 15 is 0 Å². The van der Waals surface area contributed by atoms with Crippen molar-refractivity contribution in [1.82, 2.24) is 15.3 Å². The lowest BCUT2D eigenvalue weighted by Crippen LogP contribution is -2.31. The van der Waals surface area contributed by atoms with Crippen molar-refractivity contribution in [3.8, 4) is 0 Å². The molecule has 31 heavy (non-hydrogen) atoms. The third-order valence-corrected chi connectivity index (χ3v) is 6.85. The van der Waals surface area contributed by atoms with E-state index in [2.05, 4.69) is 58.2 Å². The fourth-order valence-electron chi connectivity index (χ4n) is 4.32. The molecule has 0 aliphatic heterocycles. The van der Waals surface area contributed by atoms with E-state index in [1.165, 1.54) is 36.1 Å². The van der Waals surface area contributed by atoms with Gasteiger partial charge < -0.3 is 15.5 Å². The number of para-hydroxylation sites is 1. The Balaban J connectivity index is 1.27. The van der Waals surface area contributed by atoms with Crippen LogP contribution in [0, 0.1) is 5.92 Å².